The van der Waals surface area contributed by atoms with Crippen molar-refractivity contribution in [2.24, 2.45) is 5.92 Å². The summed E-state index contributed by atoms with van der Waals surface area (Å²) in [5, 5.41) is 1.24. The quantitative estimate of drug-likeness (QED) is 0.799. The van der Waals surface area contributed by atoms with Crippen LogP contribution in [-0.4, -0.2) is 40.1 Å². The smallest absolute Gasteiger partial charge is 0.383 e. The normalized spacial score (nSPS) is 27.3. The molecule has 1 saturated heterocycles. The molecule has 0 N–H and O–H groups in total. The van der Waals surface area contributed by atoms with Gasteiger partial charge < -0.3 is 8.85 Å². The summed E-state index contributed by atoms with van der Waals surface area (Å²) in [5.41, 5.74) is 0. The molecule has 1 saturated carbocycles. The van der Waals surface area contributed by atoms with Gasteiger partial charge in [0, 0.05) is 25.4 Å². The van der Waals surface area contributed by atoms with Crippen LogP contribution in [0.15, 0.2) is 30.3 Å². The lowest BCUT2D eigenvalue weighted by atomic mass is 9.79. The zero-order valence-electron chi connectivity index (χ0n) is 13.3. The maximum atomic E-state index is 6.10. The van der Waals surface area contributed by atoms with Crippen molar-refractivity contribution in [3.05, 3.63) is 30.3 Å². The third-order valence-corrected chi connectivity index (χ3v) is 8.79. The average Bonchev–Trinajstić information content (AvgIpc) is 2.58. The molecule has 21 heavy (non-hydrogen) atoms. The van der Waals surface area contributed by atoms with Gasteiger partial charge in [-0.1, -0.05) is 43.2 Å². The Morgan fingerprint density at radius 2 is 1.62 bits per heavy atom. The van der Waals surface area contributed by atoms with Gasteiger partial charge in [0.25, 0.3) is 0 Å². The Balaban J connectivity index is 1.96. The number of rotatable bonds is 4. The van der Waals surface area contributed by atoms with Crippen molar-refractivity contribution in [1.82, 2.24) is 4.57 Å². The molecule has 1 heterocycles. The molecular weight excluding hydrogens is 278 g/mol. The Morgan fingerprint density at radius 3 is 2.33 bits per heavy atom. The van der Waals surface area contributed by atoms with Crippen LogP contribution in [0.2, 0.25) is 0 Å². The molecule has 1 aromatic carbocycles. The molecule has 3 nitrogen and oxygen atoms in total. The summed E-state index contributed by atoms with van der Waals surface area (Å²) in [7, 11) is 1.16. The standard InChI is InChI=1S/C17H27NO2Si/c1-19-21(20-2,16-11-4-3-5-12-16)18-14-8-10-15-9-6-7-13-17(15)18/h3-5,11-12,15,17H,6-10,13-14H2,1-2H3. The van der Waals surface area contributed by atoms with E-state index in [0.29, 0.717) is 6.04 Å². The monoisotopic (exact) mass is 305 g/mol. The molecule has 0 bridgehead atoms. The van der Waals surface area contributed by atoms with Gasteiger partial charge in [-0.25, -0.2) is 0 Å². The molecule has 2 atom stereocenters. The van der Waals surface area contributed by atoms with Gasteiger partial charge in [-0.2, -0.15) is 0 Å². The summed E-state index contributed by atoms with van der Waals surface area (Å²) in [6.45, 7) is 1.12. The molecule has 3 rings (SSSR count). The third kappa shape index (κ3) is 2.70. The largest absolute Gasteiger partial charge is 0.462 e. The van der Waals surface area contributed by atoms with Crippen LogP contribution >= 0.6 is 0 Å². The lowest BCUT2D eigenvalue weighted by Crippen LogP contribution is -2.71. The zero-order chi connectivity index (χ0) is 14.7. The number of hydrogen-bond acceptors (Lipinski definition) is 3. The second-order valence-electron chi connectivity index (χ2n) is 6.30. The van der Waals surface area contributed by atoms with Crippen LogP contribution in [0.1, 0.15) is 38.5 Å². The molecule has 0 radical (unpaired) electrons. The number of hydrogen-bond donors (Lipinski definition) is 0. The van der Waals surface area contributed by atoms with E-state index in [1.807, 2.05) is 14.2 Å². The van der Waals surface area contributed by atoms with Gasteiger partial charge in [0.15, 0.2) is 0 Å². The fourth-order valence-electron chi connectivity index (χ4n) is 4.36. The van der Waals surface area contributed by atoms with Gasteiger partial charge >= 0.3 is 8.72 Å². The van der Waals surface area contributed by atoms with E-state index in [4.69, 9.17) is 8.85 Å². The average molecular weight is 305 g/mol. The predicted octanol–water partition coefficient (Wildman–Crippen LogP) is 2.78. The lowest BCUT2D eigenvalue weighted by Gasteiger charge is -2.50. The fraction of sp³-hybridized carbons (Fsp3) is 0.647. The molecular formula is C17H27NO2Si. The zero-order valence-corrected chi connectivity index (χ0v) is 14.3. The number of piperidine rings is 1. The molecule has 116 valence electrons. The number of fused-ring (bicyclic) bond motifs is 1. The van der Waals surface area contributed by atoms with E-state index in [2.05, 4.69) is 34.9 Å². The molecule has 1 aliphatic heterocycles. The van der Waals surface area contributed by atoms with Crippen molar-refractivity contribution in [3.63, 3.8) is 0 Å². The minimum absolute atomic E-state index is 0.652. The van der Waals surface area contributed by atoms with Gasteiger partial charge in [-0.3, -0.25) is 4.57 Å². The minimum atomic E-state index is -2.49. The number of benzene rings is 1. The maximum Gasteiger partial charge on any atom is 0.462 e. The first kappa shape index (κ1) is 15.2. The summed E-state index contributed by atoms with van der Waals surface area (Å²) in [6, 6.07) is 11.2. The Labute approximate surface area is 129 Å². The van der Waals surface area contributed by atoms with Crippen molar-refractivity contribution in [1.29, 1.82) is 0 Å². The van der Waals surface area contributed by atoms with Gasteiger partial charge in [0.1, 0.15) is 0 Å². The lowest BCUT2D eigenvalue weighted by molar-refractivity contribution is 0.0676. The first-order chi connectivity index (χ1) is 10.3. The SMILES string of the molecule is CO[Si](OC)(c1ccccc1)N1CCCC2CCCCC21. The summed E-state index contributed by atoms with van der Waals surface area (Å²) in [4.78, 5) is 0. The molecule has 2 unspecified atom stereocenters. The highest BCUT2D eigenvalue weighted by atomic mass is 28.4. The summed E-state index contributed by atoms with van der Waals surface area (Å²) >= 11 is 0. The highest BCUT2D eigenvalue weighted by Gasteiger charge is 2.51. The van der Waals surface area contributed by atoms with Crippen LogP contribution in [0.25, 0.3) is 0 Å². The predicted molar refractivity (Wildman–Crippen MR) is 87.5 cm³/mol. The van der Waals surface area contributed by atoms with Gasteiger partial charge in [0.2, 0.25) is 0 Å². The number of nitrogens with zero attached hydrogens (tertiary/aromatic N) is 1. The van der Waals surface area contributed by atoms with Crippen LogP contribution in [0.3, 0.4) is 0 Å². The van der Waals surface area contributed by atoms with Gasteiger partial charge in [-0.15, -0.1) is 0 Å². The first-order valence-corrected chi connectivity index (χ1v) is 10.0. The fourth-order valence-corrected chi connectivity index (χ4v) is 7.64. The summed E-state index contributed by atoms with van der Waals surface area (Å²) in [5.74, 6) is 0.841. The second-order valence-corrected chi connectivity index (χ2v) is 9.44. The van der Waals surface area contributed by atoms with Crippen molar-refractivity contribution < 1.29 is 8.85 Å². The van der Waals surface area contributed by atoms with E-state index < -0.39 is 8.72 Å². The highest BCUT2D eigenvalue weighted by Crippen LogP contribution is 2.37. The van der Waals surface area contributed by atoms with E-state index in [9.17, 15) is 0 Å². The van der Waals surface area contributed by atoms with E-state index in [-0.39, 0.29) is 0 Å². The molecule has 2 aliphatic rings. The van der Waals surface area contributed by atoms with Gasteiger partial charge in [0.05, 0.1) is 0 Å². The van der Waals surface area contributed by atoms with Crippen LogP contribution < -0.4 is 5.19 Å². The van der Waals surface area contributed by atoms with Crippen molar-refractivity contribution in [2.45, 2.75) is 44.6 Å². The molecule has 0 amide bonds. The Bertz CT molecular complexity index is 447. The molecule has 1 aliphatic carbocycles. The summed E-state index contributed by atoms with van der Waals surface area (Å²) in [6.07, 6.45) is 8.09. The van der Waals surface area contributed by atoms with E-state index in [0.717, 1.165) is 12.5 Å². The second kappa shape index (κ2) is 6.61. The molecule has 1 aromatic rings. The topological polar surface area (TPSA) is 21.7 Å². The maximum absolute atomic E-state index is 6.10. The van der Waals surface area contributed by atoms with Crippen molar-refractivity contribution >= 4 is 13.9 Å². The first-order valence-electron chi connectivity index (χ1n) is 8.24. The highest BCUT2D eigenvalue weighted by molar-refractivity contribution is 6.78. The Morgan fingerprint density at radius 1 is 0.952 bits per heavy atom. The Kier molecular flexibility index (Phi) is 4.79. The molecule has 4 heteroatoms. The molecule has 0 aromatic heterocycles. The van der Waals surface area contributed by atoms with Crippen molar-refractivity contribution in [2.75, 3.05) is 20.8 Å². The van der Waals surface area contributed by atoms with E-state index >= 15 is 0 Å². The van der Waals surface area contributed by atoms with E-state index in [1.54, 1.807) is 0 Å². The van der Waals surface area contributed by atoms with Crippen LogP contribution in [0, 0.1) is 5.92 Å². The molecule has 2 fully saturated rings. The van der Waals surface area contributed by atoms with Crippen LogP contribution in [0.4, 0.5) is 0 Å². The van der Waals surface area contributed by atoms with Gasteiger partial charge in [-0.05, 0) is 38.1 Å². The van der Waals surface area contributed by atoms with Crippen LogP contribution in [0.5, 0.6) is 0 Å². The minimum Gasteiger partial charge on any atom is -0.383 e. The molecule has 0 spiro atoms. The van der Waals surface area contributed by atoms with Crippen LogP contribution in [-0.2, 0) is 8.85 Å². The third-order valence-electron chi connectivity index (χ3n) is 5.31. The van der Waals surface area contributed by atoms with E-state index in [1.165, 1.54) is 43.7 Å². The van der Waals surface area contributed by atoms with Crippen molar-refractivity contribution in [3.8, 4) is 0 Å². The Hall–Kier alpha value is -0.683. The summed E-state index contributed by atoms with van der Waals surface area (Å²) < 4.78 is 14.8.